The molecule has 0 aromatic carbocycles. The zero-order valence-corrected chi connectivity index (χ0v) is 15.1. The number of likely N-dealkylation sites (N-methyl/N-ethyl adjacent to an activating group) is 1. The molecule has 2 rings (SSSR count). The van der Waals surface area contributed by atoms with Crippen LogP contribution in [-0.2, 0) is 11.3 Å². The van der Waals surface area contributed by atoms with Crippen molar-refractivity contribution in [2.45, 2.75) is 40.2 Å². The molecule has 0 radical (unpaired) electrons. The van der Waals surface area contributed by atoms with Crippen LogP contribution in [0.3, 0.4) is 0 Å². The van der Waals surface area contributed by atoms with Gasteiger partial charge in [0.25, 0.3) is 0 Å². The van der Waals surface area contributed by atoms with Gasteiger partial charge in [-0.05, 0) is 26.0 Å². The van der Waals surface area contributed by atoms with Gasteiger partial charge in [-0.1, -0.05) is 31.9 Å². The highest BCUT2D eigenvalue weighted by atomic mass is 35.5. The average molecular weight is 339 g/mol. The number of rotatable bonds is 6. The number of hydrogen-bond acceptors (Lipinski definition) is 3. The van der Waals surface area contributed by atoms with Gasteiger partial charge in [-0.15, -0.1) is 0 Å². The van der Waals surface area contributed by atoms with Crippen LogP contribution in [0.1, 0.15) is 37.9 Å². The van der Waals surface area contributed by atoms with Crippen LogP contribution < -0.4 is 0 Å². The molecule has 0 spiro atoms. The molecule has 128 valence electrons. The highest BCUT2D eigenvalue weighted by Crippen LogP contribution is 2.22. The summed E-state index contributed by atoms with van der Waals surface area (Å²) in [4.78, 5) is 16.6. The van der Waals surface area contributed by atoms with E-state index in [4.69, 9.17) is 11.6 Å². The van der Waals surface area contributed by atoms with Crippen molar-refractivity contribution >= 4 is 23.6 Å². The topological polar surface area (TPSA) is 41.4 Å². The van der Waals surface area contributed by atoms with E-state index in [0.29, 0.717) is 5.15 Å². The van der Waals surface area contributed by atoms with Crippen molar-refractivity contribution in [3.63, 3.8) is 0 Å². The Morgan fingerprint density at radius 1 is 1.26 bits per heavy atom. The first-order chi connectivity index (χ1) is 11.1. The Morgan fingerprint density at radius 3 is 2.57 bits per heavy atom. The number of halogens is 1. The fraction of sp³-hybridized carbons (Fsp3) is 0.647. The fourth-order valence-electron chi connectivity index (χ4n) is 2.76. The van der Waals surface area contributed by atoms with Crippen molar-refractivity contribution in [1.29, 1.82) is 0 Å². The van der Waals surface area contributed by atoms with E-state index in [2.05, 4.69) is 23.8 Å². The van der Waals surface area contributed by atoms with Gasteiger partial charge in [0.05, 0.1) is 5.69 Å². The second-order valence-corrected chi connectivity index (χ2v) is 6.32. The Kier molecular flexibility index (Phi) is 6.66. The fourth-order valence-corrected chi connectivity index (χ4v) is 3.08. The summed E-state index contributed by atoms with van der Waals surface area (Å²) >= 11 is 6.39. The van der Waals surface area contributed by atoms with E-state index < -0.39 is 0 Å². The number of carbonyl (C=O) groups excluding carboxylic acids is 1. The first-order valence-corrected chi connectivity index (χ1v) is 8.86. The number of nitrogens with zero attached hydrogens (tertiary/aromatic N) is 4. The molecule has 0 aliphatic carbocycles. The Hall–Kier alpha value is -1.33. The van der Waals surface area contributed by atoms with Crippen molar-refractivity contribution in [2.75, 3.05) is 32.7 Å². The molecule has 1 saturated heterocycles. The summed E-state index contributed by atoms with van der Waals surface area (Å²) in [5.74, 6) is 0.0533. The van der Waals surface area contributed by atoms with Gasteiger partial charge in [0, 0.05) is 44.4 Å². The van der Waals surface area contributed by atoms with E-state index >= 15 is 0 Å². The third kappa shape index (κ3) is 4.58. The van der Waals surface area contributed by atoms with Gasteiger partial charge >= 0.3 is 0 Å². The first-order valence-electron chi connectivity index (χ1n) is 8.49. The number of amides is 1. The Balaban J connectivity index is 1.99. The molecular weight excluding hydrogens is 312 g/mol. The molecule has 5 nitrogen and oxygen atoms in total. The minimum atomic E-state index is 0.0533. The standard InChI is InChI=1S/C17H27ClN4O/c1-4-6-9-22-17(18)15(14(3)19-22)7-8-16(23)21-12-10-20(5-2)11-13-21/h7-8H,4-6,9-13H2,1-3H3/b8-7+. The van der Waals surface area contributed by atoms with Gasteiger partial charge in [0.2, 0.25) is 5.91 Å². The van der Waals surface area contributed by atoms with Crippen molar-refractivity contribution in [3.05, 3.63) is 22.5 Å². The minimum absolute atomic E-state index is 0.0533. The van der Waals surface area contributed by atoms with Crippen molar-refractivity contribution in [1.82, 2.24) is 19.6 Å². The Morgan fingerprint density at radius 2 is 1.96 bits per heavy atom. The van der Waals surface area contributed by atoms with Crippen LogP contribution in [0.2, 0.25) is 5.15 Å². The molecule has 0 saturated carbocycles. The number of piperazine rings is 1. The second-order valence-electron chi connectivity index (χ2n) is 5.96. The van der Waals surface area contributed by atoms with Crippen LogP contribution in [0, 0.1) is 6.92 Å². The smallest absolute Gasteiger partial charge is 0.246 e. The monoisotopic (exact) mass is 338 g/mol. The van der Waals surface area contributed by atoms with E-state index in [0.717, 1.165) is 63.4 Å². The average Bonchev–Trinajstić information content (AvgIpc) is 2.84. The molecule has 0 atom stereocenters. The molecular formula is C17H27ClN4O. The zero-order valence-electron chi connectivity index (χ0n) is 14.4. The Labute approximate surface area is 143 Å². The maximum Gasteiger partial charge on any atom is 0.246 e. The molecule has 1 fully saturated rings. The third-order valence-corrected chi connectivity index (χ3v) is 4.76. The molecule has 1 aromatic heterocycles. The maximum absolute atomic E-state index is 12.3. The SMILES string of the molecule is CCCCn1nc(C)c(/C=C/C(=O)N2CCN(CC)CC2)c1Cl. The first kappa shape index (κ1) is 18.0. The predicted octanol–water partition coefficient (Wildman–Crippen LogP) is 2.82. The van der Waals surface area contributed by atoms with Gasteiger partial charge in [-0.3, -0.25) is 9.48 Å². The number of aromatic nitrogens is 2. The van der Waals surface area contributed by atoms with Crippen LogP contribution in [0.25, 0.3) is 6.08 Å². The van der Waals surface area contributed by atoms with Crippen LogP contribution in [0.4, 0.5) is 0 Å². The van der Waals surface area contributed by atoms with E-state index in [1.54, 1.807) is 6.08 Å². The number of unbranched alkanes of at least 4 members (excludes halogenated alkanes) is 1. The quantitative estimate of drug-likeness (QED) is 0.749. The number of carbonyl (C=O) groups is 1. The van der Waals surface area contributed by atoms with Crippen LogP contribution in [0.15, 0.2) is 6.08 Å². The van der Waals surface area contributed by atoms with E-state index in [-0.39, 0.29) is 5.91 Å². The van der Waals surface area contributed by atoms with Crippen molar-refractivity contribution in [3.8, 4) is 0 Å². The molecule has 23 heavy (non-hydrogen) atoms. The minimum Gasteiger partial charge on any atom is -0.337 e. The lowest BCUT2D eigenvalue weighted by molar-refractivity contribution is -0.127. The lowest BCUT2D eigenvalue weighted by atomic mass is 10.2. The molecule has 0 unspecified atom stereocenters. The summed E-state index contributed by atoms with van der Waals surface area (Å²) in [7, 11) is 0. The van der Waals surface area contributed by atoms with Crippen molar-refractivity contribution < 1.29 is 4.79 Å². The van der Waals surface area contributed by atoms with Crippen LogP contribution in [-0.4, -0.2) is 58.2 Å². The number of aryl methyl sites for hydroxylation is 2. The van der Waals surface area contributed by atoms with Crippen LogP contribution >= 0.6 is 11.6 Å². The van der Waals surface area contributed by atoms with Gasteiger partial charge in [0.1, 0.15) is 5.15 Å². The highest BCUT2D eigenvalue weighted by molar-refractivity contribution is 6.31. The van der Waals surface area contributed by atoms with Gasteiger partial charge in [0.15, 0.2) is 0 Å². The molecule has 1 aliphatic rings. The lowest BCUT2D eigenvalue weighted by Gasteiger charge is -2.33. The molecule has 6 heteroatoms. The molecule has 1 aromatic rings. The molecule has 1 amide bonds. The van der Waals surface area contributed by atoms with Crippen LogP contribution in [0.5, 0.6) is 0 Å². The Bertz CT molecular complexity index is 559. The maximum atomic E-state index is 12.3. The molecule has 2 heterocycles. The molecule has 1 aliphatic heterocycles. The molecule has 0 N–H and O–H groups in total. The molecule has 0 bridgehead atoms. The third-order valence-electron chi connectivity index (χ3n) is 4.36. The summed E-state index contributed by atoms with van der Waals surface area (Å²) < 4.78 is 1.82. The lowest BCUT2D eigenvalue weighted by Crippen LogP contribution is -2.48. The summed E-state index contributed by atoms with van der Waals surface area (Å²) in [6, 6.07) is 0. The summed E-state index contributed by atoms with van der Waals surface area (Å²) in [6.07, 6.45) is 5.58. The summed E-state index contributed by atoms with van der Waals surface area (Å²) in [5, 5.41) is 5.08. The normalized spacial score (nSPS) is 16.4. The van der Waals surface area contributed by atoms with E-state index in [1.165, 1.54) is 0 Å². The van der Waals surface area contributed by atoms with Gasteiger partial charge in [-0.2, -0.15) is 5.10 Å². The van der Waals surface area contributed by atoms with E-state index in [9.17, 15) is 4.79 Å². The predicted molar refractivity (Wildman–Crippen MR) is 94.6 cm³/mol. The second kappa shape index (κ2) is 8.50. The van der Waals surface area contributed by atoms with Gasteiger partial charge < -0.3 is 9.80 Å². The van der Waals surface area contributed by atoms with E-state index in [1.807, 2.05) is 22.6 Å². The summed E-state index contributed by atoms with van der Waals surface area (Å²) in [5.41, 5.74) is 1.72. The van der Waals surface area contributed by atoms with Gasteiger partial charge in [-0.25, -0.2) is 0 Å². The van der Waals surface area contributed by atoms with Crippen molar-refractivity contribution in [2.24, 2.45) is 0 Å². The number of hydrogen-bond donors (Lipinski definition) is 0. The largest absolute Gasteiger partial charge is 0.337 e. The summed E-state index contributed by atoms with van der Waals surface area (Å²) in [6.45, 7) is 11.6. The zero-order chi connectivity index (χ0) is 16.8. The highest BCUT2D eigenvalue weighted by Gasteiger charge is 2.18.